The van der Waals surface area contributed by atoms with Crippen molar-refractivity contribution >= 4 is 12.3 Å². The topological polar surface area (TPSA) is 40.3 Å². The highest BCUT2D eigenvalue weighted by Crippen LogP contribution is 1.64. The zero-order valence-corrected chi connectivity index (χ0v) is 4.38. The van der Waals surface area contributed by atoms with Crippen molar-refractivity contribution in [1.29, 1.82) is 0 Å². The summed E-state index contributed by atoms with van der Waals surface area (Å²) in [6.45, 7) is 1.66. The van der Waals surface area contributed by atoms with Crippen LogP contribution in [0.4, 0.5) is 4.79 Å². The fraction of sp³-hybridized carbons (Fsp3) is 0.500. The predicted molar refractivity (Wildman–Crippen MR) is 25.9 cm³/mol. The summed E-state index contributed by atoms with van der Waals surface area (Å²) in [5, 5.41) is 8.08. The van der Waals surface area contributed by atoms with E-state index < -0.39 is 6.09 Å². The van der Waals surface area contributed by atoms with Crippen LogP contribution in [0.5, 0.6) is 0 Å². The summed E-state index contributed by atoms with van der Waals surface area (Å²) in [5.74, 6) is 0. The molecule has 0 heterocycles. The van der Waals surface area contributed by atoms with Gasteiger partial charge in [0.2, 0.25) is 0 Å². The van der Waals surface area contributed by atoms with Gasteiger partial charge in [-0.2, -0.15) is 4.79 Å². The van der Waals surface area contributed by atoms with Crippen LogP contribution in [0.15, 0.2) is 0 Å². The van der Waals surface area contributed by atoms with Crippen molar-refractivity contribution in [2.75, 3.05) is 7.05 Å². The van der Waals surface area contributed by atoms with Crippen molar-refractivity contribution in [1.82, 2.24) is 0 Å². The van der Waals surface area contributed by atoms with Crippen LogP contribution in [-0.2, 0) is 0 Å². The minimum atomic E-state index is -0.928. The molecule has 0 bridgehead atoms. The van der Waals surface area contributed by atoms with Gasteiger partial charge in [0, 0.05) is 6.92 Å². The van der Waals surface area contributed by atoms with Crippen LogP contribution in [0.1, 0.15) is 6.92 Å². The van der Waals surface area contributed by atoms with Crippen LogP contribution in [0.25, 0.3) is 0 Å². The molecule has 0 aliphatic carbocycles. The van der Waals surface area contributed by atoms with Crippen LogP contribution in [0, 0.1) is 0 Å². The molecular formula is C4H8NO2+. The average Bonchev–Trinajstić information content (AvgIpc) is 1.65. The van der Waals surface area contributed by atoms with Crippen molar-refractivity contribution in [2.24, 2.45) is 0 Å². The molecule has 0 saturated carbocycles. The second-order valence-electron chi connectivity index (χ2n) is 1.15. The Morgan fingerprint density at radius 3 is 2.29 bits per heavy atom. The summed E-state index contributed by atoms with van der Waals surface area (Å²) < 4.78 is 1.08. The lowest BCUT2D eigenvalue weighted by Crippen LogP contribution is -2.12. The van der Waals surface area contributed by atoms with Gasteiger partial charge in [-0.3, -0.25) is 0 Å². The van der Waals surface area contributed by atoms with Crippen LogP contribution in [0.2, 0.25) is 0 Å². The first kappa shape index (κ1) is 6.14. The molecule has 1 amide bonds. The zero-order chi connectivity index (χ0) is 5.86. The van der Waals surface area contributed by atoms with Gasteiger partial charge < -0.3 is 5.11 Å². The molecule has 0 radical (unpaired) electrons. The molecule has 7 heavy (non-hydrogen) atoms. The normalized spacial score (nSPS) is 11.4. The Kier molecular flexibility index (Phi) is 2.05. The van der Waals surface area contributed by atoms with Gasteiger partial charge in [-0.15, -0.1) is 4.58 Å². The molecule has 0 saturated heterocycles. The Balaban J connectivity index is 3.82. The molecule has 0 rings (SSSR count). The lowest BCUT2D eigenvalue weighted by Gasteiger charge is -1.78. The molecule has 0 aliphatic rings. The zero-order valence-electron chi connectivity index (χ0n) is 4.38. The third-order valence-corrected chi connectivity index (χ3v) is 0.689. The first-order valence-corrected chi connectivity index (χ1v) is 1.93. The first-order valence-electron chi connectivity index (χ1n) is 1.93. The first-order chi connectivity index (χ1) is 3.18. The maximum Gasteiger partial charge on any atom is 0.593 e. The Hall–Kier alpha value is -0.860. The molecule has 0 aromatic heterocycles. The molecule has 40 valence electrons. The fourth-order valence-corrected chi connectivity index (χ4v) is 0.110. The second kappa shape index (κ2) is 2.34. The molecular weight excluding hydrogens is 94.0 g/mol. The SMILES string of the molecule is CC=[N+](C)C(=O)O. The van der Waals surface area contributed by atoms with E-state index in [1.165, 1.54) is 13.3 Å². The van der Waals surface area contributed by atoms with Crippen LogP contribution >= 0.6 is 0 Å². The maximum atomic E-state index is 9.82. The van der Waals surface area contributed by atoms with E-state index in [2.05, 4.69) is 0 Å². The van der Waals surface area contributed by atoms with Crippen LogP contribution < -0.4 is 0 Å². The monoisotopic (exact) mass is 102 g/mol. The summed E-state index contributed by atoms with van der Waals surface area (Å²) in [4.78, 5) is 9.82. The van der Waals surface area contributed by atoms with Gasteiger partial charge >= 0.3 is 6.09 Å². The van der Waals surface area contributed by atoms with E-state index in [4.69, 9.17) is 5.11 Å². The second-order valence-corrected chi connectivity index (χ2v) is 1.15. The van der Waals surface area contributed by atoms with Crippen molar-refractivity contribution in [2.45, 2.75) is 6.92 Å². The lowest BCUT2D eigenvalue weighted by molar-refractivity contribution is -0.406. The van der Waals surface area contributed by atoms with Crippen molar-refractivity contribution in [3.63, 3.8) is 0 Å². The molecule has 0 aliphatic heterocycles. The number of rotatable bonds is 0. The Morgan fingerprint density at radius 2 is 2.29 bits per heavy atom. The number of nitrogens with zero attached hydrogens (tertiary/aromatic N) is 1. The fourth-order valence-electron chi connectivity index (χ4n) is 0.110. The average molecular weight is 102 g/mol. The molecule has 0 atom stereocenters. The standard InChI is InChI=1S/C4H7NO2/c1-3-5(2)4(6)7/h3H,1-2H3/p+1. The quantitative estimate of drug-likeness (QED) is 0.355. The minimum absolute atomic E-state index is 0.928. The summed E-state index contributed by atoms with van der Waals surface area (Å²) in [5.41, 5.74) is 0. The Labute approximate surface area is 41.9 Å². The molecule has 0 aromatic rings. The smallest absolute Gasteiger partial charge is 0.427 e. The molecule has 0 spiro atoms. The van der Waals surface area contributed by atoms with E-state index in [9.17, 15) is 4.79 Å². The third kappa shape index (κ3) is 1.92. The van der Waals surface area contributed by atoms with E-state index in [-0.39, 0.29) is 0 Å². The number of amides is 1. The highest BCUT2D eigenvalue weighted by Gasteiger charge is 2.02. The Morgan fingerprint density at radius 1 is 1.86 bits per heavy atom. The van der Waals surface area contributed by atoms with Gasteiger partial charge in [0.25, 0.3) is 0 Å². The minimum Gasteiger partial charge on any atom is -0.427 e. The Bertz CT molecular complexity index is 106. The third-order valence-electron chi connectivity index (χ3n) is 0.689. The van der Waals surface area contributed by atoms with Crippen molar-refractivity contribution < 1.29 is 14.5 Å². The molecule has 0 unspecified atom stereocenters. The molecule has 0 aromatic carbocycles. The summed E-state index contributed by atoms with van der Waals surface area (Å²) >= 11 is 0. The molecule has 1 N–H and O–H groups in total. The summed E-state index contributed by atoms with van der Waals surface area (Å²) in [6, 6.07) is 0. The van der Waals surface area contributed by atoms with Crippen molar-refractivity contribution in [3.8, 4) is 0 Å². The number of carbonyl (C=O) groups is 1. The highest BCUT2D eigenvalue weighted by molar-refractivity contribution is 5.62. The number of carboxylic acid groups (broad SMARTS) is 1. The van der Waals surface area contributed by atoms with Crippen molar-refractivity contribution in [3.05, 3.63) is 0 Å². The van der Waals surface area contributed by atoms with Gasteiger partial charge in [-0.25, -0.2) is 0 Å². The van der Waals surface area contributed by atoms with Gasteiger partial charge in [0.15, 0.2) is 0 Å². The van der Waals surface area contributed by atoms with E-state index in [0.29, 0.717) is 0 Å². The van der Waals surface area contributed by atoms with Gasteiger partial charge in [0.1, 0.15) is 13.3 Å². The van der Waals surface area contributed by atoms with Crippen LogP contribution in [-0.4, -0.2) is 29.0 Å². The van der Waals surface area contributed by atoms with E-state index >= 15 is 0 Å². The number of hydrogen-bond donors (Lipinski definition) is 1. The van der Waals surface area contributed by atoms with E-state index in [1.54, 1.807) is 6.92 Å². The summed E-state index contributed by atoms with van der Waals surface area (Å²) in [6.07, 6.45) is 0.546. The van der Waals surface area contributed by atoms with Gasteiger partial charge in [-0.05, 0) is 0 Å². The van der Waals surface area contributed by atoms with Crippen LogP contribution in [0.3, 0.4) is 0 Å². The molecule has 0 fully saturated rings. The van der Waals surface area contributed by atoms with Gasteiger partial charge in [0.05, 0.1) is 0 Å². The predicted octanol–water partition coefficient (Wildman–Crippen LogP) is 0.397. The van der Waals surface area contributed by atoms with Gasteiger partial charge in [-0.1, -0.05) is 0 Å². The lowest BCUT2D eigenvalue weighted by atomic mass is 10.8. The molecule has 3 heteroatoms. The summed E-state index contributed by atoms with van der Waals surface area (Å²) in [7, 11) is 1.47. The maximum absolute atomic E-state index is 9.82. The highest BCUT2D eigenvalue weighted by atomic mass is 16.4. The van der Waals surface area contributed by atoms with E-state index in [1.807, 2.05) is 0 Å². The van der Waals surface area contributed by atoms with E-state index in [0.717, 1.165) is 4.58 Å². The number of hydrogen-bond acceptors (Lipinski definition) is 1. The largest absolute Gasteiger partial charge is 0.593 e. The molecule has 3 nitrogen and oxygen atoms in total.